The third-order valence-corrected chi connectivity index (χ3v) is 6.87. The van der Waals surface area contributed by atoms with Crippen LogP contribution in [-0.2, 0) is 14.8 Å². The molecule has 1 fully saturated rings. The zero-order valence-corrected chi connectivity index (χ0v) is 17.2. The topological polar surface area (TPSA) is 75.7 Å². The highest BCUT2D eigenvalue weighted by Crippen LogP contribution is 2.26. The molecule has 6 nitrogen and oxygen atoms in total. The van der Waals surface area contributed by atoms with Crippen LogP contribution >= 0.6 is 11.6 Å². The number of nitrogens with zero attached hydrogens (tertiary/aromatic N) is 1. The highest BCUT2D eigenvalue weighted by molar-refractivity contribution is 7.89. The summed E-state index contributed by atoms with van der Waals surface area (Å²) < 4.78 is 32.4. The lowest BCUT2D eigenvalue weighted by molar-refractivity contribution is -0.120. The first kappa shape index (κ1) is 20.6. The van der Waals surface area contributed by atoms with Crippen molar-refractivity contribution in [3.8, 4) is 5.75 Å². The van der Waals surface area contributed by atoms with Gasteiger partial charge < -0.3 is 10.1 Å². The maximum absolute atomic E-state index is 12.8. The van der Waals surface area contributed by atoms with Crippen LogP contribution in [0.3, 0.4) is 0 Å². The lowest BCUT2D eigenvalue weighted by Crippen LogP contribution is -2.41. The van der Waals surface area contributed by atoms with Gasteiger partial charge in [-0.05, 0) is 68.3 Å². The molecule has 2 aromatic carbocycles. The van der Waals surface area contributed by atoms with Crippen LogP contribution in [0.25, 0.3) is 0 Å². The van der Waals surface area contributed by atoms with Crippen LogP contribution in [0.1, 0.15) is 19.8 Å². The fourth-order valence-corrected chi connectivity index (χ4v) is 4.76. The minimum absolute atomic E-state index is 0.0968. The number of benzene rings is 2. The Hall–Kier alpha value is -2.09. The maximum atomic E-state index is 12.8. The Balaban J connectivity index is 1.59. The highest BCUT2D eigenvalue weighted by Gasteiger charge is 2.32. The first-order valence-corrected chi connectivity index (χ1v) is 11.0. The Bertz CT molecular complexity index is 906. The Morgan fingerprint density at radius 3 is 2.29 bits per heavy atom. The van der Waals surface area contributed by atoms with Crippen molar-refractivity contribution < 1.29 is 17.9 Å². The second-order valence-corrected chi connectivity index (χ2v) is 8.95. The largest absolute Gasteiger partial charge is 0.494 e. The molecule has 0 aliphatic carbocycles. The molecular weight excluding hydrogens is 400 g/mol. The molecule has 0 radical (unpaired) electrons. The molecule has 0 atom stereocenters. The summed E-state index contributed by atoms with van der Waals surface area (Å²) in [5.74, 6) is 0.321. The molecule has 8 heteroatoms. The lowest BCUT2D eigenvalue weighted by Gasteiger charge is -2.30. The van der Waals surface area contributed by atoms with Crippen molar-refractivity contribution in [3.63, 3.8) is 0 Å². The van der Waals surface area contributed by atoms with Crippen LogP contribution in [-0.4, -0.2) is 38.3 Å². The van der Waals surface area contributed by atoms with E-state index in [0.29, 0.717) is 49.0 Å². The van der Waals surface area contributed by atoms with Gasteiger partial charge >= 0.3 is 0 Å². The average molecular weight is 423 g/mol. The second kappa shape index (κ2) is 8.94. The number of hydrogen-bond donors (Lipinski definition) is 1. The van der Waals surface area contributed by atoms with Crippen LogP contribution in [0.5, 0.6) is 5.75 Å². The van der Waals surface area contributed by atoms with Crippen molar-refractivity contribution in [1.29, 1.82) is 0 Å². The minimum Gasteiger partial charge on any atom is -0.494 e. The number of amides is 1. The summed E-state index contributed by atoms with van der Waals surface area (Å²) in [6, 6.07) is 13.3. The standard InChI is InChI=1S/C20H23ClN2O4S/c1-2-27-18-7-9-19(10-8-18)28(25,26)23-13-11-15(12-14-23)20(24)22-17-5-3-16(21)4-6-17/h3-10,15H,2,11-14H2,1H3,(H,22,24). The van der Waals surface area contributed by atoms with E-state index in [0.717, 1.165) is 0 Å². The van der Waals surface area contributed by atoms with Crippen molar-refractivity contribution in [3.05, 3.63) is 53.6 Å². The normalized spacial score (nSPS) is 15.9. The molecule has 1 N–H and O–H groups in total. The molecule has 0 saturated carbocycles. The molecular formula is C20H23ClN2O4S. The Morgan fingerprint density at radius 1 is 1.11 bits per heavy atom. The van der Waals surface area contributed by atoms with E-state index in [-0.39, 0.29) is 16.7 Å². The van der Waals surface area contributed by atoms with Gasteiger partial charge in [-0.15, -0.1) is 0 Å². The molecule has 1 aliphatic rings. The van der Waals surface area contributed by atoms with Crippen molar-refractivity contribution in [2.45, 2.75) is 24.7 Å². The van der Waals surface area contributed by atoms with Gasteiger partial charge in [0.25, 0.3) is 0 Å². The highest BCUT2D eigenvalue weighted by atomic mass is 35.5. The molecule has 3 rings (SSSR count). The molecule has 0 unspecified atom stereocenters. The van der Waals surface area contributed by atoms with Gasteiger partial charge in [-0.3, -0.25) is 4.79 Å². The van der Waals surface area contributed by atoms with Crippen molar-refractivity contribution in [2.24, 2.45) is 5.92 Å². The predicted molar refractivity (Wildman–Crippen MR) is 109 cm³/mol. The van der Waals surface area contributed by atoms with Crippen LogP contribution in [0.4, 0.5) is 5.69 Å². The first-order valence-electron chi connectivity index (χ1n) is 9.19. The van der Waals surface area contributed by atoms with E-state index >= 15 is 0 Å². The van der Waals surface area contributed by atoms with Gasteiger partial charge in [0.2, 0.25) is 15.9 Å². The van der Waals surface area contributed by atoms with Gasteiger partial charge in [0.05, 0.1) is 11.5 Å². The summed E-state index contributed by atoms with van der Waals surface area (Å²) in [5.41, 5.74) is 0.679. The number of piperidine rings is 1. The molecule has 1 amide bonds. The van der Waals surface area contributed by atoms with Crippen LogP contribution < -0.4 is 10.1 Å². The van der Waals surface area contributed by atoms with Gasteiger partial charge in [-0.2, -0.15) is 4.31 Å². The predicted octanol–water partition coefficient (Wildman–Crippen LogP) is 3.78. The Labute approximate surface area is 170 Å². The first-order chi connectivity index (χ1) is 13.4. The molecule has 28 heavy (non-hydrogen) atoms. The van der Waals surface area contributed by atoms with E-state index < -0.39 is 10.0 Å². The van der Waals surface area contributed by atoms with Gasteiger partial charge in [0.15, 0.2) is 0 Å². The monoisotopic (exact) mass is 422 g/mol. The van der Waals surface area contributed by atoms with Crippen LogP contribution in [0, 0.1) is 5.92 Å². The SMILES string of the molecule is CCOc1ccc(S(=O)(=O)N2CCC(C(=O)Nc3ccc(Cl)cc3)CC2)cc1. The zero-order chi connectivity index (χ0) is 20.1. The van der Waals surface area contributed by atoms with Gasteiger partial charge in [-0.25, -0.2) is 8.42 Å². The van der Waals surface area contributed by atoms with E-state index in [9.17, 15) is 13.2 Å². The van der Waals surface area contributed by atoms with E-state index in [4.69, 9.17) is 16.3 Å². The third-order valence-electron chi connectivity index (χ3n) is 4.71. The molecule has 2 aromatic rings. The number of nitrogens with one attached hydrogen (secondary N) is 1. The molecule has 1 heterocycles. The summed E-state index contributed by atoms with van der Waals surface area (Å²) in [6.45, 7) is 3.03. The molecule has 0 aromatic heterocycles. The quantitative estimate of drug-likeness (QED) is 0.768. The van der Waals surface area contributed by atoms with Crippen molar-refractivity contribution in [1.82, 2.24) is 4.31 Å². The van der Waals surface area contributed by atoms with Crippen molar-refractivity contribution >= 4 is 33.2 Å². The summed E-state index contributed by atoms with van der Waals surface area (Å²) in [5, 5.41) is 3.47. The summed E-state index contributed by atoms with van der Waals surface area (Å²) in [4.78, 5) is 12.7. The number of carbonyl (C=O) groups is 1. The summed E-state index contributed by atoms with van der Waals surface area (Å²) >= 11 is 5.85. The van der Waals surface area contributed by atoms with E-state index in [1.54, 1.807) is 48.5 Å². The number of sulfonamides is 1. The third kappa shape index (κ3) is 4.84. The Kier molecular flexibility index (Phi) is 6.59. The Morgan fingerprint density at radius 2 is 1.71 bits per heavy atom. The number of anilines is 1. The molecule has 1 aliphatic heterocycles. The van der Waals surface area contributed by atoms with Gasteiger partial charge in [0, 0.05) is 29.7 Å². The van der Waals surface area contributed by atoms with Crippen molar-refractivity contribution in [2.75, 3.05) is 25.0 Å². The average Bonchev–Trinajstić information content (AvgIpc) is 2.70. The molecule has 1 saturated heterocycles. The lowest BCUT2D eigenvalue weighted by atomic mass is 9.97. The smallest absolute Gasteiger partial charge is 0.243 e. The molecule has 150 valence electrons. The fraction of sp³-hybridized carbons (Fsp3) is 0.350. The summed E-state index contributed by atoms with van der Waals surface area (Å²) in [6.07, 6.45) is 0.964. The second-order valence-electron chi connectivity index (χ2n) is 6.58. The van der Waals surface area contributed by atoms with Crippen LogP contribution in [0.15, 0.2) is 53.4 Å². The molecule has 0 spiro atoms. The van der Waals surface area contributed by atoms with E-state index in [1.807, 2.05) is 6.92 Å². The maximum Gasteiger partial charge on any atom is 0.243 e. The molecule has 0 bridgehead atoms. The zero-order valence-electron chi connectivity index (χ0n) is 15.6. The van der Waals surface area contributed by atoms with Gasteiger partial charge in [0.1, 0.15) is 5.75 Å². The number of ether oxygens (including phenoxy) is 1. The number of carbonyl (C=O) groups excluding carboxylic acids is 1. The fourth-order valence-electron chi connectivity index (χ4n) is 3.16. The summed E-state index contributed by atoms with van der Waals surface area (Å²) in [7, 11) is -3.58. The number of rotatable bonds is 6. The van der Waals surface area contributed by atoms with E-state index in [2.05, 4.69) is 5.32 Å². The number of hydrogen-bond acceptors (Lipinski definition) is 4. The van der Waals surface area contributed by atoms with Crippen LogP contribution in [0.2, 0.25) is 5.02 Å². The van der Waals surface area contributed by atoms with Gasteiger partial charge in [-0.1, -0.05) is 11.6 Å². The number of halogens is 1. The van der Waals surface area contributed by atoms with E-state index in [1.165, 1.54) is 4.31 Å². The minimum atomic E-state index is -3.58.